The molecule has 0 aromatic heterocycles. The molecule has 0 bridgehead atoms. The van der Waals surface area contributed by atoms with E-state index in [-0.39, 0.29) is 18.2 Å². The van der Waals surface area contributed by atoms with Crippen LogP contribution >= 0.6 is 0 Å². The minimum Gasteiger partial charge on any atom is -0.389 e. The summed E-state index contributed by atoms with van der Waals surface area (Å²) in [4.78, 5) is 0. The van der Waals surface area contributed by atoms with Gasteiger partial charge in [0.25, 0.3) is 0 Å². The van der Waals surface area contributed by atoms with E-state index in [9.17, 15) is 5.11 Å². The summed E-state index contributed by atoms with van der Waals surface area (Å²) in [6.07, 6.45) is 0.847. The molecule has 3 atom stereocenters. The molecule has 3 heteroatoms. The molecule has 1 saturated heterocycles. The molecule has 1 rings (SSSR count). The molecule has 10 heavy (non-hydrogen) atoms. The Bertz CT molecular complexity index is 108. The second-order valence-corrected chi connectivity index (χ2v) is 2.84. The molecule has 0 aromatic rings. The van der Waals surface area contributed by atoms with Crippen molar-refractivity contribution in [3.05, 3.63) is 0 Å². The van der Waals surface area contributed by atoms with Crippen molar-refractivity contribution >= 4 is 0 Å². The van der Waals surface area contributed by atoms with Crippen molar-refractivity contribution in [3.63, 3.8) is 0 Å². The highest BCUT2D eigenvalue weighted by Gasteiger charge is 2.25. The van der Waals surface area contributed by atoms with E-state index >= 15 is 0 Å². The summed E-state index contributed by atoms with van der Waals surface area (Å²) in [6, 6.07) is 0.212. The van der Waals surface area contributed by atoms with Crippen LogP contribution < -0.4 is 5.32 Å². The van der Waals surface area contributed by atoms with Crippen molar-refractivity contribution < 1.29 is 9.84 Å². The molecular formula is C7H15NO2. The quantitative estimate of drug-likeness (QED) is 0.534. The molecule has 0 saturated carbocycles. The normalized spacial score (nSPS) is 41.7. The Labute approximate surface area is 61.4 Å². The molecular weight excluding hydrogens is 130 g/mol. The van der Waals surface area contributed by atoms with Crippen LogP contribution in [-0.4, -0.2) is 37.0 Å². The fraction of sp³-hybridized carbons (Fsp3) is 1.00. The molecule has 0 aromatic carbocycles. The van der Waals surface area contributed by atoms with E-state index < -0.39 is 0 Å². The summed E-state index contributed by atoms with van der Waals surface area (Å²) in [5, 5.41) is 12.4. The molecule has 60 valence electrons. The van der Waals surface area contributed by atoms with E-state index in [1.165, 1.54) is 0 Å². The van der Waals surface area contributed by atoms with Gasteiger partial charge in [0.05, 0.1) is 18.8 Å². The Morgan fingerprint density at radius 3 is 2.80 bits per heavy atom. The number of hydrogen-bond acceptors (Lipinski definition) is 3. The molecule has 3 nitrogen and oxygen atoms in total. The minimum atomic E-state index is -0.332. The minimum absolute atomic E-state index is 0.212. The van der Waals surface area contributed by atoms with Crippen molar-refractivity contribution in [3.8, 4) is 0 Å². The largest absolute Gasteiger partial charge is 0.389 e. The van der Waals surface area contributed by atoms with Gasteiger partial charge in [-0.15, -0.1) is 0 Å². The number of likely N-dealkylation sites (N-methyl/N-ethyl adjacent to an activating group) is 1. The zero-order chi connectivity index (χ0) is 7.56. The first kappa shape index (κ1) is 7.98. The van der Waals surface area contributed by atoms with E-state index in [0.29, 0.717) is 6.61 Å². The number of aliphatic hydroxyl groups excluding tert-OH is 1. The third-order valence-corrected chi connectivity index (χ3v) is 1.97. The van der Waals surface area contributed by atoms with Gasteiger partial charge in [0, 0.05) is 6.04 Å². The van der Waals surface area contributed by atoms with Crippen LogP contribution in [0.3, 0.4) is 0 Å². The van der Waals surface area contributed by atoms with Crippen molar-refractivity contribution in [2.45, 2.75) is 31.6 Å². The average Bonchev–Trinajstić information content (AvgIpc) is 1.94. The van der Waals surface area contributed by atoms with E-state index in [2.05, 4.69) is 5.32 Å². The third kappa shape index (κ3) is 1.68. The number of aliphatic hydroxyl groups is 1. The zero-order valence-corrected chi connectivity index (χ0v) is 6.50. The lowest BCUT2D eigenvalue weighted by molar-refractivity contribution is -0.0648. The SMILES string of the molecule is CNC1CC(C)OC[C@H]1O. The van der Waals surface area contributed by atoms with Gasteiger partial charge in [0.2, 0.25) is 0 Å². The maximum absolute atomic E-state index is 9.30. The van der Waals surface area contributed by atoms with Gasteiger partial charge in [-0.1, -0.05) is 0 Å². The lowest BCUT2D eigenvalue weighted by Crippen LogP contribution is -2.47. The Hall–Kier alpha value is -0.120. The molecule has 2 N–H and O–H groups in total. The second-order valence-electron chi connectivity index (χ2n) is 2.84. The Balaban J connectivity index is 2.38. The highest BCUT2D eigenvalue weighted by atomic mass is 16.5. The van der Waals surface area contributed by atoms with Crippen LogP contribution in [0, 0.1) is 0 Å². The van der Waals surface area contributed by atoms with Crippen molar-refractivity contribution in [2.75, 3.05) is 13.7 Å². The van der Waals surface area contributed by atoms with Gasteiger partial charge in [-0.25, -0.2) is 0 Å². The first-order valence-corrected chi connectivity index (χ1v) is 3.71. The van der Waals surface area contributed by atoms with E-state index in [1.807, 2.05) is 14.0 Å². The number of hydrogen-bond donors (Lipinski definition) is 2. The predicted molar refractivity (Wildman–Crippen MR) is 38.9 cm³/mol. The highest BCUT2D eigenvalue weighted by Crippen LogP contribution is 2.12. The fourth-order valence-corrected chi connectivity index (χ4v) is 1.27. The van der Waals surface area contributed by atoms with E-state index in [4.69, 9.17) is 4.74 Å². The maximum atomic E-state index is 9.30. The molecule has 1 heterocycles. The summed E-state index contributed by atoms with van der Waals surface area (Å²) in [5.74, 6) is 0. The molecule has 0 aliphatic carbocycles. The summed E-state index contributed by atoms with van der Waals surface area (Å²) in [5.41, 5.74) is 0. The van der Waals surface area contributed by atoms with Crippen LogP contribution in [0.25, 0.3) is 0 Å². The predicted octanol–water partition coefficient (Wildman–Crippen LogP) is -0.256. The van der Waals surface area contributed by atoms with Crippen molar-refractivity contribution in [2.24, 2.45) is 0 Å². The molecule has 0 radical (unpaired) electrons. The zero-order valence-electron chi connectivity index (χ0n) is 6.50. The number of nitrogens with one attached hydrogen (secondary N) is 1. The number of rotatable bonds is 1. The molecule has 0 amide bonds. The molecule has 2 unspecified atom stereocenters. The van der Waals surface area contributed by atoms with Crippen molar-refractivity contribution in [1.82, 2.24) is 5.32 Å². The lowest BCUT2D eigenvalue weighted by atomic mass is 10.0. The maximum Gasteiger partial charge on any atom is 0.0927 e. The Morgan fingerprint density at radius 1 is 1.60 bits per heavy atom. The van der Waals surface area contributed by atoms with Gasteiger partial charge < -0.3 is 15.2 Å². The molecule has 1 aliphatic rings. The Kier molecular flexibility index (Phi) is 2.65. The highest BCUT2D eigenvalue weighted by molar-refractivity contribution is 4.80. The smallest absolute Gasteiger partial charge is 0.0927 e. The van der Waals surface area contributed by atoms with Gasteiger partial charge in [-0.2, -0.15) is 0 Å². The van der Waals surface area contributed by atoms with Crippen molar-refractivity contribution in [1.29, 1.82) is 0 Å². The van der Waals surface area contributed by atoms with Gasteiger partial charge in [0.15, 0.2) is 0 Å². The topological polar surface area (TPSA) is 41.5 Å². The third-order valence-electron chi connectivity index (χ3n) is 1.97. The van der Waals surface area contributed by atoms with Gasteiger partial charge in [-0.05, 0) is 20.4 Å². The second kappa shape index (κ2) is 3.32. The number of ether oxygens (including phenoxy) is 1. The summed E-state index contributed by atoms with van der Waals surface area (Å²) in [6.45, 7) is 2.49. The van der Waals surface area contributed by atoms with Crippen LogP contribution in [0.1, 0.15) is 13.3 Å². The van der Waals surface area contributed by atoms with Crippen LogP contribution in [0.15, 0.2) is 0 Å². The van der Waals surface area contributed by atoms with E-state index in [1.54, 1.807) is 0 Å². The van der Waals surface area contributed by atoms with Gasteiger partial charge in [-0.3, -0.25) is 0 Å². The lowest BCUT2D eigenvalue weighted by Gasteiger charge is -2.31. The van der Waals surface area contributed by atoms with Crippen LogP contribution in [0.4, 0.5) is 0 Å². The average molecular weight is 145 g/mol. The van der Waals surface area contributed by atoms with E-state index in [0.717, 1.165) is 6.42 Å². The monoisotopic (exact) mass is 145 g/mol. The Morgan fingerprint density at radius 2 is 2.30 bits per heavy atom. The molecule has 0 spiro atoms. The first-order valence-electron chi connectivity index (χ1n) is 3.71. The molecule has 1 aliphatic heterocycles. The summed E-state index contributed by atoms with van der Waals surface area (Å²) < 4.78 is 5.23. The molecule has 1 fully saturated rings. The van der Waals surface area contributed by atoms with Gasteiger partial charge >= 0.3 is 0 Å². The van der Waals surface area contributed by atoms with Crippen LogP contribution in [0.2, 0.25) is 0 Å². The summed E-state index contributed by atoms with van der Waals surface area (Å²) in [7, 11) is 1.87. The van der Waals surface area contributed by atoms with Crippen LogP contribution in [-0.2, 0) is 4.74 Å². The summed E-state index contributed by atoms with van der Waals surface area (Å²) >= 11 is 0. The van der Waals surface area contributed by atoms with Crippen LogP contribution in [0.5, 0.6) is 0 Å². The van der Waals surface area contributed by atoms with Gasteiger partial charge in [0.1, 0.15) is 0 Å². The standard InChI is InChI=1S/C7H15NO2/c1-5-3-6(8-2)7(9)4-10-5/h5-9H,3-4H2,1-2H3/t5?,6?,7-/m1/s1. The fourth-order valence-electron chi connectivity index (χ4n) is 1.27. The first-order chi connectivity index (χ1) is 4.74.